The fourth-order valence-electron chi connectivity index (χ4n) is 9.38. The van der Waals surface area contributed by atoms with Crippen LogP contribution in [0.25, 0.3) is 85.3 Å². The number of hydrogen-bond donors (Lipinski definition) is 1. The monoisotopic (exact) mass is 828 g/mol. The van der Waals surface area contributed by atoms with Crippen molar-refractivity contribution in [2.24, 2.45) is 4.99 Å². The molecule has 3 aliphatic heterocycles. The molecule has 0 amide bonds. The summed E-state index contributed by atoms with van der Waals surface area (Å²) in [5, 5.41) is 0. The van der Waals surface area contributed by atoms with E-state index in [1.54, 1.807) is 0 Å². The molecule has 0 radical (unpaired) electrons. The van der Waals surface area contributed by atoms with E-state index in [9.17, 15) is 0 Å². The second kappa shape index (κ2) is 15.6. The van der Waals surface area contributed by atoms with E-state index in [1.807, 2.05) is 18.5 Å². The van der Waals surface area contributed by atoms with Gasteiger partial charge in [0.25, 0.3) is 0 Å². The third kappa shape index (κ3) is 6.97. The van der Waals surface area contributed by atoms with Gasteiger partial charge in [-0.15, -0.1) is 22.1 Å². The number of fused-ring (bicyclic) bond motifs is 8. The molecule has 8 bridgehead atoms. The Labute approximate surface area is 363 Å². The van der Waals surface area contributed by atoms with Gasteiger partial charge < -0.3 is 15.0 Å². The molecule has 0 spiro atoms. The summed E-state index contributed by atoms with van der Waals surface area (Å²) in [6.45, 7) is 13.0. The number of aliphatic imine (C=N–C) groups is 1. The maximum absolute atomic E-state index is 5.50. The predicted octanol–water partition coefficient (Wildman–Crippen LogP) is 12.7. The summed E-state index contributed by atoms with van der Waals surface area (Å²) >= 11 is 0. The van der Waals surface area contributed by atoms with Gasteiger partial charge in [-0.3, -0.25) is 4.99 Å². The molecule has 0 saturated carbocycles. The van der Waals surface area contributed by atoms with E-state index in [1.165, 1.54) is 33.4 Å². The van der Waals surface area contributed by atoms with Crippen LogP contribution in [0.3, 0.4) is 0 Å². The van der Waals surface area contributed by atoms with Crippen molar-refractivity contribution in [2.75, 3.05) is 0 Å². The van der Waals surface area contributed by atoms with E-state index >= 15 is 0 Å². The van der Waals surface area contributed by atoms with Crippen molar-refractivity contribution >= 4 is 58.2 Å². The van der Waals surface area contributed by atoms with Gasteiger partial charge in [0.15, 0.2) is 0 Å². The summed E-state index contributed by atoms with van der Waals surface area (Å²) in [5.41, 5.74) is 24.9. The fourth-order valence-corrected chi connectivity index (χ4v) is 9.38. The fraction of sp³-hybridized carbons (Fsp3) is 0.151. The second-order valence-corrected chi connectivity index (χ2v) is 16.1. The van der Waals surface area contributed by atoms with Gasteiger partial charge >= 0.3 is 19.5 Å². The third-order valence-corrected chi connectivity index (χ3v) is 11.7. The molecule has 60 heavy (non-hydrogen) atoms. The molecule has 10 rings (SSSR count). The van der Waals surface area contributed by atoms with Crippen LogP contribution in [0.15, 0.2) is 108 Å². The molecule has 7 heteroatoms. The molecule has 4 aromatic heterocycles. The van der Waals surface area contributed by atoms with Crippen LogP contribution in [-0.4, -0.2) is 21.2 Å². The average molecular weight is 830 g/mol. The Morgan fingerprint density at radius 3 is 1.73 bits per heavy atom. The quantitative estimate of drug-likeness (QED) is 0.175. The molecular formula is C53H44N6Zn. The molecule has 3 aromatic carbocycles. The smallest absolute Gasteiger partial charge is 0.657 e. The van der Waals surface area contributed by atoms with E-state index < -0.39 is 0 Å². The molecule has 6 nitrogen and oxygen atoms in total. The summed E-state index contributed by atoms with van der Waals surface area (Å²) in [5.74, 6) is 0. The molecule has 3 aliphatic rings. The minimum absolute atomic E-state index is 0. The number of benzene rings is 3. The third-order valence-electron chi connectivity index (χ3n) is 11.7. The van der Waals surface area contributed by atoms with Gasteiger partial charge in [0.1, 0.15) is 0 Å². The predicted molar refractivity (Wildman–Crippen MR) is 246 cm³/mol. The molecule has 0 aliphatic carbocycles. The number of allylic oxidation sites excluding steroid dienone is 1. The first-order valence-electron chi connectivity index (χ1n) is 20.4. The molecule has 7 heterocycles. The van der Waals surface area contributed by atoms with Gasteiger partial charge in [0.2, 0.25) is 0 Å². The van der Waals surface area contributed by atoms with Crippen molar-refractivity contribution in [3.63, 3.8) is 0 Å². The number of nitrogens with zero attached hydrogens (tertiary/aromatic N) is 5. The Morgan fingerprint density at radius 1 is 0.567 bits per heavy atom. The van der Waals surface area contributed by atoms with Crippen LogP contribution in [0.1, 0.15) is 80.3 Å². The zero-order chi connectivity index (χ0) is 40.4. The Hall–Kier alpha value is -6.43. The van der Waals surface area contributed by atoms with Crippen molar-refractivity contribution in [1.29, 1.82) is 0 Å². The molecular weight excluding hydrogens is 786 g/mol. The van der Waals surface area contributed by atoms with Crippen molar-refractivity contribution in [3.8, 4) is 33.4 Å². The topological polar surface area (TPSA) is 82.1 Å². The normalized spacial score (nSPS) is 13.9. The van der Waals surface area contributed by atoms with Crippen molar-refractivity contribution in [3.05, 3.63) is 170 Å². The zero-order valence-electron chi connectivity index (χ0n) is 35.0. The van der Waals surface area contributed by atoms with Gasteiger partial charge in [-0.2, -0.15) is 0 Å². The van der Waals surface area contributed by atoms with E-state index in [4.69, 9.17) is 24.9 Å². The van der Waals surface area contributed by atoms with Crippen LogP contribution < -0.4 is 9.97 Å². The minimum Gasteiger partial charge on any atom is -0.657 e. The molecule has 7 aromatic rings. The second-order valence-electron chi connectivity index (χ2n) is 16.1. The minimum atomic E-state index is 0. The number of aromatic nitrogens is 5. The van der Waals surface area contributed by atoms with Crippen molar-refractivity contribution in [1.82, 2.24) is 24.9 Å². The summed E-state index contributed by atoms with van der Waals surface area (Å²) in [4.78, 5) is 29.7. The Balaban J connectivity index is 0.00000462. The van der Waals surface area contributed by atoms with Crippen LogP contribution in [0.2, 0.25) is 0 Å². The van der Waals surface area contributed by atoms with Crippen molar-refractivity contribution in [2.45, 2.75) is 54.4 Å². The van der Waals surface area contributed by atoms with E-state index in [0.717, 1.165) is 114 Å². The first-order chi connectivity index (χ1) is 28.7. The number of hydrogen-bond acceptors (Lipinski definition) is 3. The maximum Gasteiger partial charge on any atom is 2.00 e. The first kappa shape index (κ1) is 39.1. The molecule has 1 N–H and O–H groups in total. The number of rotatable bonds is 5. The van der Waals surface area contributed by atoms with Crippen LogP contribution in [0.4, 0.5) is 0 Å². The summed E-state index contributed by atoms with van der Waals surface area (Å²) < 4.78 is 0. The average Bonchev–Trinajstić information content (AvgIpc) is 4.06. The molecule has 0 atom stereocenters. The van der Waals surface area contributed by atoms with Crippen LogP contribution in [-0.2, 0) is 19.5 Å². The van der Waals surface area contributed by atoms with Gasteiger partial charge in [0, 0.05) is 23.7 Å². The number of aryl methyl sites for hydroxylation is 6. The van der Waals surface area contributed by atoms with Crippen LogP contribution in [0, 0.1) is 41.5 Å². The van der Waals surface area contributed by atoms with Crippen molar-refractivity contribution < 1.29 is 19.5 Å². The number of H-pyrrole nitrogens is 1. The van der Waals surface area contributed by atoms with Gasteiger partial charge in [0.05, 0.1) is 28.5 Å². The number of nitrogens with one attached hydrogen (secondary N) is 1. The SMILES string of the molecule is Cc1cc(C)c(-c2c3nc(c(-c4ccc(/C(=C5\CCC=N5)c5ccc[nH]5)cc4)c4ccc([n-]4)c(-c4c(C)cc(C)cc4C)c4nc(cc5ccc2[n-]5)C=C4)C=C3)c(C)c1.[Zn+2]. The molecule has 0 saturated heterocycles. The summed E-state index contributed by atoms with van der Waals surface area (Å²) in [7, 11) is 0. The van der Waals surface area contributed by atoms with E-state index in [-0.39, 0.29) is 19.5 Å². The Morgan fingerprint density at radius 2 is 1.13 bits per heavy atom. The molecule has 0 fully saturated rings. The van der Waals surface area contributed by atoms with Crippen LogP contribution in [0.5, 0.6) is 0 Å². The Bertz CT molecular complexity index is 3050. The Kier molecular flexibility index (Phi) is 10.2. The van der Waals surface area contributed by atoms with Gasteiger partial charge in [-0.05, 0) is 152 Å². The van der Waals surface area contributed by atoms with E-state index in [2.05, 4.69) is 156 Å². The standard InChI is InChI=1S/C53H44N6.Zn/c1-30-25-32(3)48(33(4)26-30)52-44-17-15-38(56-44)29-39-16-18-45(57-39)53(49-34(5)27-31(2)28-35(49)6)47-22-20-43(59-47)51(42-19-21-46(52)58-42)37-13-11-36(12-14-37)50(40-9-7-23-54-40)41-10-8-24-55-41;/h7,9,11-29,54H,8,10H2,1-6H3;/q-2;+2/b38-29?,39-29?,50-41-,51-42?,51-43?,52-44?,52-46?,53-45?,53-47?;. The first-order valence-corrected chi connectivity index (χ1v) is 20.4. The van der Waals surface area contributed by atoms with E-state index in [0.29, 0.717) is 0 Å². The van der Waals surface area contributed by atoms with Crippen LogP contribution >= 0.6 is 0 Å². The largest absolute Gasteiger partial charge is 2.00 e. The number of aromatic amines is 1. The summed E-state index contributed by atoms with van der Waals surface area (Å²) in [6, 6.07) is 32.5. The van der Waals surface area contributed by atoms with Gasteiger partial charge in [-0.1, -0.05) is 90.0 Å². The maximum atomic E-state index is 5.50. The zero-order valence-corrected chi connectivity index (χ0v) is 37.9. The molecule has 0 unspecified atom stereocenters. The van der Waals surface area contributed by atoms with Gasteiger partial charge in [-0.25, -0.2) is 9.97 Å². The molecule has 288 valence electrons. The summed E-state index contributed by atoms with van der Waals surface area (Å²) in [6.07, 6.45) is 14.3.